The minimum atomic E-state index is -0.215. The Kier molecular flexibility index (Phi) is 3.74. The van der Waals surface area contributed by atoms with Crippen molar-refractivity contribution < 1.29 is 4.74 Å². The maximum Gasteiger partial charge on any atom is 0.251 e. The van der Waals surface area contributed by atoms with Crippen LogP contribution in [0.1, 0.15) is 17.1 Å². The van der Waals surface area contributed by atoms with Gasteiger partial charge in [-0.1, -0.05) is 12.1 Å². The molecule has 0 bridgehead atoms. The Hall–Kier alpha value is -2.14. The molecule has 5 nitrogen and oxygen atoms in total. The monoisotopic (exact) mass is 245 g/mol. The van der Waals surface area contributed by atoms with Crippen LogP contribution in [0.3, 0.4) is 0 Å². The number of aromatic amines is 1. The smallest absolute Gasteiger partial charge is 0.251 e. The highest BCUT2D eigenvalue weighted by atomic mass is 16.5. The van der Waals surface area contributed by atoms with Gasteiger partial charge < -0.3 is 15.5 Å². The molecule has 0 aliphatic heterocycles. The lowest BCUT2D eigenvalue weighted by Crippen LogP contribution is -2.16. The molecule has 1 aromatic heterocycles. The molecule has 0 aliphatic carbocycles. The standard InChI is InChI=1S/C13H15N3O2/c1-9-3-2-4-11(5-9)18-8-12-15-10(7-14)6-13(17)16-12/h2-6H,7-8,14H2,1H3,(H,15,16,17). The summed E-state index contributed by atoms with van der Waals surface area (Å²) >= 11 is 0. The molecule has 2 aromatic rings. The molecule has 0 radical (unpaired) electrons. The average molecular weight is 245 g/mol. The Balaban J connectivity index is 2.10. The Bertz CT molecular complexity index is 593. The van der Waals surface area contributed by atoms with E-state index in [1.807, 2.05) is 31.2 Å². The first-order valence-electron chi connectivity index (χ1n) is 5.66. The van der Waals surface area contributed by atoms with Crippen LogP contribution in [-0.2, 0) is 13.2 Å². The number of benzene rings is 1. The van der Waals surface area contributed by atoms with E-state index in [1.54, 1.807) is 0 Å². The van der Waals surface area contributed by atoms with Crippen molar-refractivity contribution in [2.45, 2.75) is 20.1 Å². The van der Waals surface area contributed by atoms with Gasteiger partial charge in [-0.15, -0.1) is 0 Å². The maximum absolute atomic E-state index is 11.3. The van der Waals surface area contributed by atoms with Gasteiger partial charge in [-0.25, -0.2) is 4.98 Å². The summed E-state index contributed by atoms with van der Waals surface area (Å²) in [6, 6.07) is 9.07. The van der Waals surface area contributed by atoms with Crippen molar-refractivity contribution >= 4 is 0 Å². The third-order valence-electron chi connectivity index (χ3n) is 2.42. The van der Waals surface area contributed by atoms with Gasteiger partial charge in [-0.05, 0) is 24.6 Å². The fourth-order valence-corrected chi connectivity index (χ4v) is 1.59. The van der Waals surface area contributed by atoms with E-state index in [-0.39, 0.29) is 18.7 Å². The lowest BCUT2D eigenvalue weighted by Gasteiger charge is -2.07. The summed E-state index contributed by atoms with van der Waals surface area (Å²) in [5, 5.41) is 0. The molecule has 1 aromatic carbocycles. The van der Waals surface area contributed by atoms with Gasteiger partial charge in [0.2, 0.25) is 0 Å². The summed E-state index contributed by atoms with van der Waals surface area (Å²) in [5.74, 6) is 1.22. The van der Waals surface area contributed by atoms with Crippen molar-refractivity contribution in [1.29, 1.82) is 0 Å². The summed E-state index contributed by atoms with van der Waals surface area (Å²) in [6.07, 6.45) is 0. The van der Waals surface area contributed by atoms with Gasteiger partial charge in [0.15, 0.2) is 0 Å². The van der Waals surface area contributed by atoms with Crippen LogP contribution in [-0.4, -0.2) is 9.97 Å². The lowest BCUT2D eigenvalue weighted by molar-refractivity contribution is 0.294. The van der Waals surface area contributed by atoms with Crippen molar-refractivity contribution in [3.63, 3.8) is 0 Å². The highest BCUT2D eigenvalue weighted by molar-refractivity contribution is 5.27. The molecular formula is C13H15N3O2. The highest BCUT2D eigenvalue weighted by Gasteiger charge is 2.01. The molecule has 0 saturated carbocycles. The van der Waals surface area contributed by atoms with Crippen molar-refractivity contribution in [3.05, 3.63) is 57.8 Å². The number of hydrogen-bond donors (Lipinski definition) is 2. The summed E-state index contributed by atoms with van der Waals surface area (Å²) in [5.41, 5.74) is 6.92. The molecule has 94 valence electrons. The minimum Gasteiger partial charge on any atom is -0.486 e. The molecule has 0 saturated heterocycles. The van der Waals surface area contributed by atoms with Gasteiger partial charge in [0, 0.05) is 12.6 Å². The second kappa shape index (κ2) is 5.46. The second-order valence-electron chi connectivity index (χ2n) is 3.99. The van der Waals surface area contributed by atoms with Crippen molar-refractivity contribution in [3.8, 4) is 5.75 Å². The van der Waals surface area contributed by atoms with Crippen LogP contribution in [0, 0.1) is 6.92 Å². The maximum atomic E-state index is 11.3. The Labute approximate surface area is 105 Å². The Morgan fingerprint density at radius 3 is 2.94 bits per heavy atom. The van der Waals surface area contributed by atoms with E-state index >= 15 is 0 Å². The van der Waals surface area contributed by atoms with Crippen LogP contribution in [0.5, 0.6) is 5.75 Å². The van der Waals surface area contributed by atoms with E-state index in [0.717, 1.165) is 11.3 Å². The molecule has 5 heteroatoms. The topological polar surface area (TPSA) is 81.0 Å². The molecule has 0 amide bonds. The summed E-state index contributed by atoms with van der Waals surface area (Å²) < 4.78 is 5.55. The van der Waals surface area contributed by atoms with E-state index < -0.39 is 0 Å². The predicted octanol–water partition coefficient (Wildman–Crippen LogP) is 1.12. The lowest BCUT2D eigenvalue weighted by atomic mass is 10.2. The number of nitrogens with two attached hydrogens (primary N) is 1. The largest absolute Gasteiger partial charge is 0.486 e. The number of nitrogens with zero attached hydrogens (tertiary/aromatic N) is 1. The van der Waals surface area contributed by atoms with Gasteiger partial charge in [0.05, 0.1) is 5.69 Å². The third kappa shape index (κ3) is 3.18. The number of rotatable bonds is 4. The van der Waals surface area contributed by atoms with Gasteiger partial charge in [0.25, 0.3) is 5.56 Å². The van der Waals surface area contributed by atoms with Crippen molar-refractivity contribution in [2.75, 3.05) is 0 Å². The Morgan fingerprint density at radius 2 is 2.22 bits per heavy atom. The van der Waals surface area contributed by atoms with Gasteiger partial charge in [-0.2, -0.15) is 0 Å². The molecule has 0 spiro atoms. The van der Waals surface area contributed by atoms with E-state index in [1.165, 1.54) is 6.07 Å². The summed E-state index contributed by atoms with van der Waals surface area (Å²) in [4.78, 5) is 18.1. The zero-order valence-electron chi connectivity index (χ0n) is 10.1. The van der Waals surface area contributed by atoms with Gasteiger partial charge in [-0.3, -0.25) is 4.79 Å². The van der Waals surface area contributed by atoms with Crippen LogP contribution in [0.25, 0.3) is 0 Å². The normalized spacial score (nSPS) is 10.3. The SMILES string of the molecule is Cc1cccc(OCc2nc(CN)cc(=O)[nH]2)c1. The van der Waals surface area contributed by atoms with Gasteiger partial charge >= 0.3 is 0 Å². The molecule has 18 heavy (non-hydrogen) atoms. The number of ether oxygens (including phenoxy) is 1. The van der Waals surface area contributed by atoms with Gasteiger partial charge in [0.1, 0.15) is 18.2 Å². The summed E-state index contributed by atoms with van der Waals surface area (Å²) in [7, 11) is 0. The minimum absolute atomic E-state index is 0.215. The molecule has 0 atom stereocenters. The zero-order valence-corrected chi connectivity index (χ0v) is 10.1. The van der Waals surface area contributed by atoms with Crippen molar-refractivity contribution in [1.82, 2.24) is 9.97 Å². The van der Waals surface area contributed by atoms with Crippen LogP contribution >= 0.6 is 0 Å². The number of H-pyrrole nitrogens is 1. The number of aromatic nitrogens is 2. The average Bonchev–Trinajstić information content (AvgIpc) is 2.36. The second-order valence-corrected chi connectivity index (χ2v) is 3.99. The van der Waals surface area contributed by atoms with E-state index in [0.29, 0.717) is 11.5 Å². The molecule has 3 N–H and O–H groups in total. The van der Waals surface area contributed by atoms with Crippen LogP contribution < -0.4 is 16.0 Å². The van der Waals surface area contributed by atoms with E-state index in [9.17, 15) is 4.79 Å². The van der Waals surface area contributed by atoms with Crippen LogP contribution in [0.4, 0.5) is 0 Å². The number of nitrogens with one attached hydrogen (secondary N) is 1. The Morgan fingerprint density at radius 1 is 1.39 bits per heavy atom. The van der Waals surface area contributed by atoms with Crippen LogP contribution in [0.15, 0.2) is 35.1 Å². The van der Waals surface area contributed by atoms with E-state index in [2.05, 4.69) is 9.97 Å². The summed E-state index contributed by atoms with van der Waals surface area (Å²) in [6.45, 7) is 2.44. The predicted molar refractivity (Wildman–Crippen MR) is 68.3 cm³/mol. The fourth-order valence-electron chi connectivity index (χ4n) is 1.59. The third-order valence-corrected chi connectivity index (χ3v) is 2.42. The highest BCUT2D eigenvalue weighted by Crippen LogP contribution is 2.13. The number of hydrogen-bond acceptors (Lipinski definition) is 4. The molecule has 0 unspecified atom stereocenters. The zero-order chi connectivity index (χ0) is 13.0. The van der Waals surface area contributed by atoms with Crippen molar-refractivity contribution in [2.24, 2.45) is 5.73 Å². The first-order valence-corrected chi connectivity index (χ1v) is 5.66. The molecule has 1 heterocycles. The van der Waals surface area contributed by atoms with Crippen LogP contribution in [0.2, 0.25) is 0 Å². The number of aryl methyl sites for hydroxylation is 1. The molecule has 0 aliphatic rings. The molecular weight excluding hydrogens is 230 g/mol. The fraction of sp³-hybridized carbons (Fsp3) is 0.231. The molecule has 0 fully saturated rings. The first kappa shape index (κ1) is 12.3. The van der Waals surface area contributed by atoms with E-state index in [4.69, 9.17) is 10.5 Å². The molecule has 2 rings (SSSR count). The quantitative estimate of drug-likeness (QED) is 0.845. The first-order chi connectivity index (χ1) is 8.67.